The molecule has 0 N–H and O–H groups in total. The highest BCUT2D eigenvalue weighted by atomic mass is 16.1. The van der Waals surface area contributed by atoms with Crippen molar-refractivity contribution in [3.8, 4) is 0 Å². The third kappa shape index (κ3) is 5.00. The number of rotatable bonds is 5. The molecule has 0 saturated carbocycles. The predicted molar refractivity (Wildman–Crippen MR) is 92.1 cm³/mol. The molecule has 0 saturated heterocycles. The molecular weight excluding hydrogens is 256 g/mol. The summed E-state index contributed by atoms with van der Waals surface area (Å²) in [4.78, 5) is 11.9. The van der Waals surface area contributed by atoms with Crippen LogP contribution in [0.15, 0.2) is 59.8 Å². The minimum absolute atomic E-state index is 0.0853. The molecular formula is C20H28O. The van der Waals surface area contributed by atoms with Crippen LogP contribution in [0.1, 0.15) is 47.5 Å². The molecule has 0 aromatic carbocycles. The van der Waals surface area contributed by atoms with Crippen molar-refractivity contribution in [1.29, 1.82) is 0 Å². The largest absolute Gasteiger partial charge is 0.295 e. The van der Waals surface area contributed by atoms with E-state index in [4.69, 9.17) is 0 Å². The normalized spacial score (nSPS) is 21.4. The highest BCUT2D eigenvalue weighted by molar-refractivity contribution is 5.97. The zero-order valence-electron chi connectivity index (χ0n) is 14.1. The number of hydrogen-bond donors (Lipinski definition) is 0. The van der Waals surface area contributed by atoms with E-state index in [2.05, 4.69) is 64.7 Å². The maximum absolute atomic E-state index is 11.9. The summed E-state index contributed by atoms with van der Waals surface area (Å²) in [5.74, 6) is 0.674. The summed E-state index contributed by atoms with van der Waals surface area (Å²) >= 11 is 0. The molecule has 1 aliphatic carbocycles. The fourth-order valence-electron chi connectivity index (χ4n) is 2.49. The maximum Gasteiger partial charge on any atom is 0.158 e. The predicted octanol–water partition coefficient (Wildman–Crippen LogP) is 5.57. The fraction of sp³-hybridized carbons (Fsp3) is 0.450. The third-order valence-corrected chi connectivity index (χ3v) is 4.19. The summed E-state index contributed by atoms with van der Waals surface area (Å²) < 4.78 is 0. The second-order valence-corrected chi connectivity index (χ2v) is 6.57. The second kappa shape index (κ2) is 7.40. The Balaban J connectivity index is 2.90. The zero-order chi connectivity index (χ0) is 16.0. The van der Waals surface area contributed by atoms with Crippen LogP contribution in [0.25, 0.3) is 0 Å². The number of ketones is 1. The Bertz CT molecular complexity index is 524. The zero-order valence-corrected chi connectivity index (χ0v) is 14.1. The molecule has 1 aliphatic rings. The van der Waals surface area contributed by atoms with Gasteiger partial charge in [-0.05, 0) is 42.7 Å². The summed E-state index contributed by atoms with van der Waals surface area (Å²) in [5, 5.41) is 0. The third-order valence-electron chi connectivity index (χ3n) is 4.19. The molecule has 114 valence electrons. The van der Waals surface area contributed by atoms with E-state index < -0.39 is 0 Å². The van der Waals surface area contributed by atoms with Crippen molar-refractivity contribution in [2.75, 3.05) is 0 Å². The SMILES string of the molecule is C=CC(C)/C=C/C=C(C)/C=C/C1=C(C)C(=O)CCC1(C)C. The highest BCUT2D eigenvalue weighted by Gasteiger charge is 2.30. The van der Waals surface area contributed by atoms with Gasteiger partial charge < -0.3 is 0 Å². The molecule has 0 fully saturated rings. The maximum atomic E-state index is 11.9. The molecule has 0 radical (unpaired) electrons. The summed E-state index contributed by atoms with van der Waals surface area (Å²) in [6.07, 6.45) is 14.0. The van der Waals surface area contributed by atoms with Crippen molar-refractivity contribution < 1.29 is 4.79 Å². The summed E-state index contributed by atoms with van der Waals surface area (Å²) in [7, 11) is 0. The van der Waals surface area contributed by atoms with Crippen molar-refractivity contribution in [1.82, 2.24) is 0 Å². The molecule has 1 unspecified atom stereocenters. The van der Waals surface area contributed by atoms with Crippen LogP contribution < -0.4 is 0 Å². The van der Waals surface area contributed by atoms with Gasteiger partial charge in [0.25, 0.3) is 0 Å². The molecule has 1 nitrogen and oxygen atoms in total. The Morgan fingerprint density at radius 2 is 2.05 bits per heavy atom. The van der Waals surface area contributed by atoms with Gasteiger partial charge in [-0.2, -0.15) is 0 Å². The average molecular weight is 284 g/mol. The van der Waals surface area contributed by atoms with E-state index in [-0.39, 0.29) is 11.2 Å². The van der Waals surface area contributed by atoms with Crippen LogP contribution in [0.4, 0.5) is 0 Å². The molecule has 0 aromatic heterocycles. The molecule has 1 rings (SSSR count). The van der Waals surface area contributed by atoms with E-state index in [0.29, 0.717) is 12.3 Å². The van der Waals surface area contributed by atoms with Gasteiger partial charge in [-0.3, -0.25) is 4.79 Å². The summed E-state index contributed by atoms with van der Waals surface area (Å²) in [6, 6.07) is 0. The minimum Gasteiger partial charge on any atom is -0.295 e. The lowest BCUT2D eigenvalue weighted by Crippen LogP contribution is -2.24. The van der Waals surface area contributed by atoms with Crippen molar-refractivity contribution in [2.24, 2.45) is 11.3 Å². The van der Waals surface area contributed by atoms with E-state index in [1.54, 1.807) is 0 Å². The Labute approximate surface area is 129 Å². The van der Waals surface area contributed by atoms with Gasteiger partial charge in [-0.1, -0.05) is 62.8 Å². The molecule has 0 heterocycles. The number of hydrogen-bond acceptors (Lipinski definition) is 1. The van der Waals surface area contributed by atoms with Gasteiger partial charge in [0.1, 0.15) is 0 Å². The van der Waals surface area contributed by atoms with Crippen LogP contribution in [0.3, 0.4) is 0 Å². The smallest absolute Gasteiger partial charge is 0.158 e. The highest BCUT2D eigenvalue weighted by Crippen LogP contribution is 2.39. The van der Waals surface area contributed by atoms with Crippen molar-refractivity contribution in [3.63, 3.8) is 0 Å². The van der Waals surface area contributed by atoms with Gasteiger partial charge in [-0.25, -0.2) is 0 Å². The Morgan fingerprint density at radius 3 is 2.67 bits per heavy atom. The van der Waals surface area contributed by atoms with Crippen LogP contribution in [-0.2, 0) is 4.79 Å². The Morgan fingerprint density at radius 1 is 1.38 bits per heavy atom. The molecule has 0 aromatic rings. The number of carbonyl (C=O) groups excluding carboxylic acids is 1. The van der Waals surface area contributed by atoms with Crippen LogP contribution in [0.2, 0.25) is 0 Å². The quantitative estimate of drug-likeness (QED) is 0.476. The number of allylic oxidation sites excluding steroid dienone is 9. The molecule has 0 aliphatic heterocycles. The van der Waals surface area contributed by atoms with Crippen LogP contribution in [-0.4, -0.2) is 5.78 Å². The lowest BCUT2D eigenvalue weighted by atomic mass is 9.72. The second-order valence-electron chi connectivity index (χ2n) is 6.57. The average Bonchev–Trinajstić information content (AvgIpc) is 2.43. The monoisotopic (exact) mass is 284 g/mol. The molecule has 0 spiro atoms. The fourth-order valence-corrected chi connectivity index (χ4v) is 2.49. The van der Waals surface area contributed by atoms with Crippen molar-refractivity contribution in [3.05, 3.63) is 59.8 Å². The van der Waals surface area contributed by atoms with Gasteiger partial charge in [0.2, 0.25) is 0 Å². The number of carbonyl (C=O) groups is 1. The Kier molecular flexibility index (Phi) is 6.14. The van der Waals surface area contributed by atoms with Gasteiger partial charge in [0.15, 0.2) is 5.78 Å². The lowest BCUT2D eigenvalue weighted by molar-refractivity contribution is -0.116. The summed E-state index contributed by atoms with van der Waals surface area (Å²) in [5.41, 5.74) is 3.36. The van der Waals surface area contributed by atoms with E-state index in [0.717, 1.165) is 12.0 Å². The van der Waals surface area contributed by atoms with Crippen LogP contribution >= 0.6 is 0 Å². The standard InChI is InChI=1S/C20H28O/c1-7-15(2)9-8-10-16(3)11-12-18-17(4)19(21)13-14-20(18,5)6/h7-12,15H,1,13-14H2,2-6H3/b9-8+,12-11+,16-10+. The first kappa shape index (κ1) is 17.4. The number of Topliss-reactive ketones (excluding diaryl/α,β-unsaturated/α-hetero) is 1. The van der Waals surface area contributed by atoms with E-state index in [1.165, 1.54) is 11.1 Å². The summed E-state index contributed by atoms with van der Waals surface area (Å²) in [6.45, 7) is 14.3. The minimum atomic E-state index is 0.0853. The molecule has 0 bridgehead atoms. The van der Waals surface area contributed by atoms with E-state index in [9.17, 15) is 4.79 Å². The molecule has 1 heteroatoms. The van der Waals surface area contributed by atoms with E-state index >= 15 is 0 Å². The first-order valence-electron chi connectivity index (χ1n) is 7.68. The van der Waals surface area contributed by atoms with Crippen LogP contribution in [0, 0.1) is 11.3 Å². The van der Waals surface area contributed by atoms with Crippen LogP contribution in [0.5, 0.6) is 0 Å². The molecule has 0 amide bonds. The molecule has 21 heavy (non-hydrogen) atoms. The van der Waals surface area contributed by atoms with Crippen molar-refractivity contribution >= 4 is 5.78 Å². The van der Waals surface area contributed by atoms with Gasteiger partial charge in [-0.15, -0.1) is 6.58 Å². The molecule has 1 atom stereocenters. The van der Waals surface area contributed by atoms with Crippen molar-refractivity contribution in [2.45, 2.75) is 47.5 Å². The first-order valence-corrected chi connectivity index (χ1v) is 7.68. The van der Waals surface area contributed by atoms with Gasteiger partial charge in [0.05, 0.1) is 0 Å². The van der Waals surface area contributed by atoms with Gasteiger partial charge >= 0.3 is 0 Å². The lowest BCUT2D eigenvalue weighted by Gasteiger charge is -2.32. The first-order chi connectivity index (χ1) is 9.77. The van der Waals surface area contributed by atoms with E-state index in [1.807, 2.05) is 13.0 Å². The topological polar surface area (TPSA) is 17.1 Å². The Hall–Kier alpha value is -1.63. The van der Waals surface area contributed by atoms with Gasteiger partial charge in [0, 0.05) is 6.42 Å².